The average molecular weight is 556 g/mol. The van der Waals surface area contributed by atoms with E-state index in [1.165, 1.54) is 35.5 Å². The van der Waals surface area contributed by atoms with Crippen LogP contribution in [0, 0.1) is 17.0 Å². The largest absolute Gasteiger partial charge is 0.618 e. The molecule has 14 heteroatoms. The second-order valence-electron chi connectivity index (χ2n) is 8.79. The van der Waals surface area contributed by atoms with Gasteiger partial charge in [0.25, 0.3) is 0 Å². The summed E-state index contributed by atoms with van der Waals surface area (Å²) in [7, 11) is 0. The van der Waals surface area contributed by atoms with Gasteiger partial charge in [0.05, 0.1) is 33.1 Å². The smallest absolute Gasteiger partial charge is 0.222 e. The standard InChI is InChI=1S/C24H17Cl2F2N9O/c25-16-4-5-18(36-11-30-33-34-36)20(21(16)27)13-6-12-2-1-3-19(22(12)37(38)10-13)35-9-14(8-31-35)15-7-17(26)24(29)32-23(15)28/h4-11,19H,1-3H2,(H2,29,32). The molecule has 4 heterocycles. The molecule has 0 spiro atoms. The van der Waals surface area contributed by atoms with Crippen molar-refractivity contribution >= 4 is 29.0 Å². The van der Waals surface area contributed by atoms with Gasteiger partial charge in [0, 0.05) is 22.9 Å². The topological polar surface area (TPSA) is 127 Å². The molecule has 1 aliphatic rings. The second kappa shape index (κ2) is 9.30. The maximum absolute atomic E-state index is 15.3. The third-order valence-electron chi connectivity index (χ3n) is 6.54. The number of hydrogen-bond acceptors (Lipinski definition) is 7. The lowest BCUT2D eigenvalue weighted by atomic mass is 9.89. The third-order valence-corrected chi connectivity index (χ3v) is 7.13. The molecule has 2 N–H and O–H groups in total. The number of fused-ring (bicyclic) bond motifs is 1. The van der Waals surface area contributed by atoms with Gasteiger partial charge in [-0.25, -0.2) is 9.37 Å². The molecule has 0 amide bonds. The van der Waals surface area contributed by atoms with E-state index in [4.69, 9.17) is 28.9 Å². The van der Waals surface area contributed by atoms with Crippen LogP contribution in [-0.2, 0) is 6.42 Å². The van der Waals surface area contributed by atoms with Crippen LogP contribution in [0.25, 0.3) is 27.9 Å². The zero-order valence-corrected chi connectivity index (χ0v) is 20.9. The predicted molar refractivity (Wildman–Crippen MR) is 134 cm³/mol. The van der Waals surface area contributed by atoms with Gasteiger partial charge in [0.15, 0.2) is 12.0 Å². The van der Waals surface area contributed by atoms with Crippen molar-refractivity contribution in [3.63, 3.8) is 0 Å². The maximum Gasteiger partial charge on any atom is 0.222 e. The van der Waals surface area contributed by atoms with Crippen LogP contribution in [0.15, 0.2) is 49.2 Å². The number of aromatic nitrogens is 8. The molecule has 192 valence electrons. The van der Waals surface area contributed by atoms with Crippen LogP contribution >= 0.6 is 23.2 Å². The SMILES string of the molecule is Nc1nc(F)c(-c2cnn(C3CCCc4cc(-c5c(-n6cnnn6)ccc(Cl)c5F)c[n+]([O-])c43)c2)cc1Cl. The summed E-state index contributed by atoms with van der Waals surface area (Å²) in [6.07, 6.45) is 7.71. The van der Waals surface area contributed by atoms with Gasteiger partial charge in [-0.15, -0.1) is 5.10 Å². The number of anilines is 1. The molecule has 1 aromatic carbocycles. The number of tetrazole rings is 1. The molecule has 1 atom stereocenters. The van der Waals surface area contributed by atoms with Crippen LogP contribution in [-0.4, -0.2) is 35.0 Å². The predicted octanol–water partition coefficient (Wildman–Crippen LogP) is 4.31. The molecule has 0 saturated carbocycles. The molecule has 1 unspecified atom stereocenters. The Morgan fingerprint density at radius 2 is 1.97 bits per heavy atom. The molecule has 38 heavy (non-hydrogen) atoms. The Morgan fingerprint density at radius 3 is 2.76 bits per heavy atom. The molecule has 5 aromatic rings. The molecular formula is C24H17Cl2F2N9O. The number of rotatable bonds is 4. The van der Waals surface area contributed by atoms with Gasteiger partial charge in [-0.05, 0) is 54.0 Å². The summed E-state index contributed by atoms with van der Waals surface area (Å²) in [5.74, 6) is -1.58. The Labute approximate surface area is 223 Å². The van der Waals surface area contributed by atoms with Gasteiger partial charge in [-0.1, -0.05) is 23.2 Å². The zero-order chi connectivity index (χ0) is 26.6. The lowest BCUT2D eigenvalue weighted by Gasteiger charge is -2.25. The van der Waals surface area contributed by atoms with Crippen molar-refractivity contribution in [1.82, 2.24) is 35.0 Å². The number of benzene rings is 1. The van der Waals surface area contributed by atoms with Crippen LogP contribution in [0.2, 0.25) is 10.0 Å². The summed E-state index contributed by atoms with van der Waals surface area (Å²) < 4.78 is 33.4. The van der Waals surface area contributed by atoms with E-state index < -0.39 is 17.8 Å². The first-order chi connectivity index (χ1) is 18.3. The maximum atomic E-state index is 15.3. The molecule has 0 fully saturated rings. The minimum atomic E-state index is -0.777. The van der Waals surface area contributed by atoms with Crippen LogP contribution < -0.4 is 10.5 Å². The summed E-state index contributed by atoms with van der Waals surface area (Å²) in [5, 5.41) is 28.9. The average Bonchev–Trinajstić information content (AvgIpc) is 3.60. The highest BCUT2D eigenvalue weighted by atomic mass is 35.5. The first-order valence-corrected chi connectivity index (χ1v) is 12.2. The van der Waals surface area contributed by atoms with Gasteiger partial charge >= 0.3 is 0 Å². The molecule has 6 rings (SSSR count). The van der Waals surface area contributed by atoms with E-state index in [0.717, 1.165) is 16.7 Å². The number of pyridine rings is 2. The molecule has 0 aliphatic heterocycles. The molecule has 0 saturated heterocycles. The fraction of sp³-hybridized carbons (Fsp3) is 0.167. The normalized spacial score (nSPS) is 15.0. The molecule has 0 radical (unpaired) electrons. The summed E-state index contributed by atoms with van der Waals surface area (Å²) in [5.41, 5.74) is 8.12. The van der Waals surface area contributed by atoms with Crippen LogP contribution in [0.4, 0.5) is 14.6 Å². The van der Waals surface area contributed by atoms with Gasteiger partial charge in [-0.2, -0.15) is 18.9 Å². The Morgan fingerprint density at radius 1 is 1.13 bits per heavy atom. The Hall–Kier alpha value is -4.16. The highest BCUT2D eigenvalue weighted by Gasteiger charge is 2.32. The lowest BCUT2D eigenvalue weighted by Crippen LogP contribution is -2.39. The minimum Gasteiger partial charge on any atom is -0.618 e. The quantitative estimate of drug-likeness (QED) is 0.199. The van der Waals surface area contributed by atoms with Crippen LogP contribution in [0.3, 0.4) is 0 Å². The second-order valence-corrected chi connectivity index (χ2v) is 9.60. The highest BCUT2D eigenvalue weighted by Crippen LogP contribution is 2.37. The summed E-state index contributed by atoms with van der Waals surface area (Å²) in [6.45, 7) is 0. The monoisotopic (exact) mass is 555 g/mol. The van der Waals surface area contributed by atoms with E-state index in [9.17, 15) is 9.60 Å². The highest BCUT2D eigenvalue weighted by molar-refractivity contribution is 6.33. The Kier molecular flexibility index (Phi) is 5.92. The third kappa shape index (κ3) is 4.02. The van der Waals surface area contributed by atoms with Crippen molar-refractivity contribution in [3.05, 3.63) is 87.5 Å². The van der Waals surface area contributed by atoms with Crippen LogP contribution in [0.1, 0.15) is 30.1 Å². The van der Waals surface area contributed by atoms with E-state index >= 15 is 4.39 Å². The molecular weight excluding hydrogens is 539 g/mol. The van der Waals surface area contributed by atoms with Crippen molar-refractivity contribution in [2.24, 2.45) is 0 Å². The molecule has 10 nitrogen and oxygen atoms in total. The Balaban J connectivity index is 1.43. The molecule has 1 aliphatic carbocycles. The lowest BCUT2D eigenvalue weighted by molar-refractivity contribution is -0.616. The van der Waals surface area contributed by atoms with Crippen molar-refractivity contribution in [2.75, 3.05) is 5.73 Å². The number of halogens is 4. The Bertz CT molecular complexity index is 1690. The van der Waals surface area contributed by atoms with E-state index in [1.807, 2.05) is 0 Å². The first kappa shape index (κ1) is 24.2. The summed E-state index contributed by atoms with van der Waals surface area (Å²) in [6, 6.07) is 5.71. The fourth-order valence-corrected chi connectivity index (χ4v) is 5.13. The van der Waals surface area contributed by atoms with Crippen molar-refractivity contribution in [2.45, 2.75) is 25.3 Å². The van der Waals surface area contributed by atoms with Crippen molar-refractivity contribution in [1.29, 1.82) is 0 Å². The van der Waals surface area contributed by atoms with Crippen LogP contribution in [0.5, 0.6) is 0 Å². The van der Waals surface area contributed by atoms with E-state index in [0.29, 0.717) is 35.3 Å². The van der Waals surface area contributed by atoms with Gasteiger partial charge < -0.3 is 10.9 Å². The van der Waals surface area contributed by atoms with Gasteiger partial charge in [-0.3, -0.25) is 4.68 Å². The van der Waals surface area contributed by atoms with Crippen molar-refractivity contribution in [3.8, 4) is 27.9 Å². The number of nitrogen functional groups attached to an aromatic ring is 1. The summed E-state index contributed by atoms with van der Waals surface area (Å²) >= 11 is 12.1. The number of nitrogens with two attached hydrogens (primary N) is 1. The van der Waals surface area contributed by atoms with E-state index in [2.05, 4.69) is 25.6 Å². The number of aryl methyl sites for hydroxylation is 1. The molecule has 4 aromatic heterocycles. The first-order valence-electron chi connectivity index (χ1n) is 11.5. The molecule has 0 bridgehead atoms. The number of hydrogen-bond donors (Lipinski definition) is 1. The minimum absolute atomic E-state index is 0.0987. The zero-order valence-electron chi connectivity index (χ0n) is 19.4. The van der Waals surface area contributed by atoms with E-state index in [-0.39, 0.29) is 27.0 Å². The number of nitrogens with zero attached hydrogens (tertiary/aromatic N) is 8. The van der Waals surface area contributed by atoms with Crippen molar-refractivity contribution < 1.29 is 13.5 Å². The van der Waals surface area contributed by atoms with Gasteiger partial charge in [0.1, 0.15) is 18.2 Å². The fourth-order valence-electron chi connectivity index (χ4n) is 4.82. The van der Waals surface area contributed by atoms with E-state index in [1.54, 1.807) is 23.0 Å². The van der Waals surface area contributed by atoms with Gasteiger partial charge in [0.2, 0.25) is 11.6 Å². The summed E-state index contributed by atoms with van der Waals surface area (Å²) in [4.78, 5) is 3.63.